The third-order valence-electron chi connectivity index (χ3n) is 5.58. The van der Waals surface area contributed by atoms with Crippen molar-refractivity contribution in [2.24, 2.45) is 5.92 Å². The predicted molar refractivity (Wildman–Crippen MR) is 110 cm³/mol. The van der Waals surface area contributed by atoms with Gasteiger partial charge in [0.15, 0.2) is 0 Å². The Bertz CT molecular complexity index is 733. The average Bonchev–Trinajstić information content (AvgIpc) is 2.68. The van der Waals surface area contributed by atoms with Crippen LogP contribution in [-0.4, -0.2) is 24.7 Å². The summed E-state index contributed by atoms with van der Waals surface area (Å²) in [7, 11) is 0. The number of aryl methyl sites for hydroxylation is 2. The molecule has 0 aliphatic carbocycles. The van der Waals surface area contributed by atoms with Crippen molar-refractivity contribution in [2.45, 2.75) is 51.6 Å². The minimum absolute atomic E-state index is 0.126. The van der Waals surface area contributed by atoms with Gasteiger partial charge in [0.25, 0.3) is 0 Å². The molecule has 27 heavy (non-hydrogen) atoms. The third kappa shape index (κ3) is 5.93. The highest BCUT2D eigenvalue weighted by Crippen LogP contribution is 2.29. The fraction of sp³-hybridized carbons (Fsp3) is 0.458. The summed E-state index contributed by atoms with van der Waals surface area (Å²) in [5.41, 5.74) is 3.24. The first-order chi connectivity index (χ1) is 13.0. The summed E-state index contributed by atoms with van der Waals surface area (Å²) in [5, 5.41) is 3.37. The summed E-state index contributed by atoms with van der Waals surface area (Å²) in [6.45, 7) is 6.12. The van der Waals surface area contributed by atoms with Crippen molar-refractivity contribution in [1.29, 1.82) is 0 Å². The normalized spacial score (nSPS) is 15.5. The molecule has 0 saturated carbocycles. The second-order valence-corrected chi connectivity index (χ2v) is 8.08. The Labute approximate surface area is 163 Å². The molecule has 1 saturated heterocycles. The fourth-order valence-corrected chi connectivity index (χ4v) is 3.93. The summed E-state index contributed by atoms with van der Waals surface area (Å²) in [6.07, 6.45) is 4.46. The van der Waals surface area contributed by atoms with Crippen molar-refractivity contribution >= 4 is 5.97 Å². The van der Waals surface area contributed by atoms with Crippen molar-refractivity contribution in [1.82, 2.24) is 5.32 Å². The van der Waals surface area contributed by atoms with Gasteiger partial charge in [-0.2, -0.15) is 0 Å². The van der Waals surface area contributed by atoms with Gasteiger partial charge in [-0.25, -0.2) is 0 Å². The van der Waals surface area contributed by atoms with Crippen LogP contribution in [0.15, 0.2) is 54.6 Å². The molecule has 0 unspecified atom stereocenters. The Morgan fingerprint density at radius 2 is 1.59 bits per heavy atom. The molecule has 3 rings (SSSR count). The zero-order valence-electron chi connectivity index (χ0n) is 16.5. The molecule has 144 valence electrons. The highest BCUT2D eigenvalue weighted by atomic mass is 16.6. The largest absolute Gasteiger partial charge is 0.459 e. The van der Waals surface area contributed by atoms with Crippen molar-refractivity contribution in [3.05, 3.63) is 71.3 Å². The lowest BCUT2D eigenvalue weighted by Gasteiger charge is -2.36. The van der Waals surface area contributed by atoms with E-state index in [1.807, 2.05) is 18.2 Å². The van der Waals surface area contributed by atoms with E-state index in [1.165, 1.54) is 11.1 Å². The SMILES string of the molecule is CC(C)(OC(=O)Cc1cccc(CCc2ccccc2)c1)C1CCNCC1. The van der Waals surface area contributed by atoms with Crippen molar-refractivity contribution in [3.63, 3.8) is 0 Å². The summed E-state index contributed by atoms with van der Waals surface area (Å²) in [5.74, 6) is 0.304. The molecular formula is C24H31NO2. The standard InChI is InChI=1S/C24H31NO2/c1-24(2,22-13-15-25-16-14-22)27-23(26)18-21-10-6-9-20(17-21)12-11-19-7-4-3-5-8-19/h3-10,17,22,25H,11-16,18H2,1-2H3. The molecular weight excluding hydrogens is 334 g/mol. The maximum Gasteiger partial charge on any atom is 0.310 e. The Hall–Kier alpha value is -2.13. The lowest BCUT2D eigenvalue weighted by molar-refractivity contribution is -0.161. The monoisotopic (exact) mass is 365 g/mol. The van der Waals surface area contributed by atoms with Gasteiger partial charge in [-0.1, -0.05) is 54.6 Å². The average molecular weight is 366 g/mol. The Morgan fingerprint density at radius 3 is 2.33 bits per heavy atom. The van der Waals surface area contributed by atoms with Crippen LogP contribution in [0.5, 0.6) is 0 Å². The molecule has 1 aliphatic rings. The molecule has 1 fully saturated rings. The molecule has 3 nitrogen and oxygen atoms in total. The van der Waals surface area contributed by atoms with Crippen molar-refractivity contribution in [3.8, 4) is 0 Å². The van der Waals surface area contributed by atoms with Crippen LogP contribution >= 0.6 is 0 Å². The first kappa shape index (κ1) is 19.6. The van der Waals surface area contributed by atoms with E-state index in [-0.39, 0.29) is 5.97 Å². The van der Waals surface area contributed by atoms with Gasteiger partial charge in [-0.15, -0.1) is 0 Å². The number of carbonyl (C=O) groups is 1. The molecule has 0 amide bonds. The van der Waals surface area contributed by atoms with Crippen LogP contribution in [0.25, 0.3) is 0 Å². The predicted octanol–water partition coefficient (Wildman–Crippen LogP) is 4.34. The van der Waals surface area contributed by atoms with E-state index in [9.17, 15) is 4.79 Å². The van der Waals surface area contributed by atoms with Gasteiger partial charge in [0.05, 0.1) is 6.42 Å². The van der Waals surface area contributed by atoms with Crippen molar-refractivity contribution in [2.75, 3.05) is 13.1 Å². The number of piperidine rings is 1. The summed E-state index contributed by atoms with van der Waals surface area (Å²) < 4.78 is 5.88. The van der Waals surface area contributed by atoms with Gasteiger partial charge < -0.3 is 10.1 Å². The number of ether oxygens (including phenoxy) is 1. The van der Waals surface area contributed by atoms with E-state index >= 15 is 0 Å². The second-order valence-electron chi connectivity index (χ2n) is 8.08. The molecule has 0 spiro atoms. The van der Waals surface area contributed by atoms with Crippen LogP contribution < -0.4 is 5.32 Å². The first-order valence-electron chi connectivity index (χ1n) is 10.1. The number of benzene rings is 2. The quantitative estimate of drug-likeness (QED) is 0.742. The summed E-state index contributed by atoms with van der Waals surface area (Å²) in [4.78, 5) is 12.5. The van der Waals surface area contributed by atoms with Gasteiger partial charge in [-0.3, -0.25) is 4.79 Å². The van der Waals surface area contributed by atoms with Gasteiger partial charge in [-0.05, 0) is 69.3 Å². The van der Waals surface area contributed by atoms with Crippen LogP contribution in [0.2, 0.25) is 0 Å². The molecule has 0 aromatic heterocycles. The highest BCUT2D eigenvalue weighted by molar-refractivity contribution is 5.73. The second kappa shape index (κ2) is 9.18. The molecule has 0 bridgehead atoms. The van der Waals surface area contributed by atoms with E-state index < -0.39 is 5.60 Å². The van der Waals surface area contributed by atoms with E-state index in [2.05, 4.69) is 55.6 Å². The number of hydrogen-bond acceptors (Lipinski definition) is 3. The smallest absolute Gasteiger partial charge is 0.310 e. The maximum atomic E-state index is 12.5. The zero-order chi connectivity index (χ0) is 19.1. The fourth-order valence-electron chi connectivity index (χ4n) is 3.93. The van der Waals surface area contributed by atoms with Crippen LogP contribution in [-0.2, 0) is 28.8 Å². The van der Waals surface area contributed by atoms with Crippen LogP contribution in [0.4, 0.5) is 0 Å². The van der Waals surface area contributed by atoms with Crippen molar-refractivity contribution < 1.29 is 9.53 Å². The van der Waals surface area contributed by atoms with Gasteiger partial charge in [0.2, 0.25) is 0 Å². The van der Waals surface area contributed by atoms with E-state index in [1.54, 1.807) is 0 Å². The van der Waals surface area contributed by atoms with Crippen LogP contribution in [0.3, 0.4) is 0 Å². The zero-order valence-corrected chi connectivity index (χ0v) is 16.5. The highest BCUT2D eigenvalue weighted by Gasteiger charge is 2.34. The lowest BCUT2D eigenvalue weighted by Crippen LogP contribution is -2.43. The number of carbonyl (C=O) groups excluding carboxylic acids is 1. The van der Waals surface area contributed by atoms with Gasteiger partial charge in [0, 0.05) is 5.92 Å². The molecule has 2 aromatic rings. The van der Waals surface area contributed by atoms with Gasteiger partial charge >= 0.3 is 5.97 Å². The van der Waals surface area contributed by atoms with E-state index in [4.69, 9.17) is 4.74 Å². The molecule has 1 N–H and O–H groups in total. The number of esters is 1. The Kier molecular flexibility index (Phi) is 6.68. The Morgan fingerprint density at radius 1 is 0.963 bits per heavy atom. The minimum atomic E-state index is -0.399. The number of nitrogens with one attached hydrogen (secondary N) is 1. The molecule has 1 heterocycles. The number of rotatable bonds is 7. The molecule has 0 radical (unpaired) electrons. The molecule has 0 atom stereocenters. The topological polar surface area (TPSA) is 38.3 Å². The molecule has 1 aliphatic heterocycles. The third-order valence-corrected chi connectivity index (χ3v) is 5.58. The molecule has 2 aromatic carbocycles. The van der Waals surface area contributed by atoms with Gasteiger partial charge in [0.1, 0.15) is 5.60 Å². The number of hydrogen-bond donors (Lipinski definition) is 1. The summed E-state index contributed by atoms with van der Waals surface area (Å²) >= 11 is 0. The summed E-state index contributed by atoms with van der Waals surface area (Å²) in [6, 6.07) is 18.8. The van der Waals surface area contributed by atoms with E-state index in [0.717, 1.165) is 44.3 Å². The maximum absolute atomic E-state index is 12.5. The Balaban J connectivity index is 1.54. The van der Waals surface area contributed by atoms with Crippen LogP contribution in [0, 0.1) is 5.92 Å². The van der Waals surface area contributed by atoms with Crippen LogP contribution in [0.1, 0.15) is 43.4 Å². The minimum Gasteiger partial charge on any atom is -0.459 e. The first-order valence-corrected chi connectivity index (χ1v) is 10.1. The van der Waals surface area contributed by atoms with E-state index in [0.29, 0.717) is 12.3 Å². The lowest BCUT2D eigenvalue weighted by atomic mass is 9.83. The molecule has 3 heteroatoms.